The Balaban J connectivity index is 2.53. The van der Waals surface area contributed by atoms with E-state index in [1.54, 1.807) is 16.7 Å². The maximum absolute atomic E-state index is 12.2. The summed E-state index contributed by atoms with van der Waals surface area (Å²) in [6.07, 6.45) is 2.73. The van der Waals surface area contributed by atoms with Crippen LogP contribution in [0.15, 0.2) is 12.7 Å². The van der Waals surface area contributed by atoms with Crippen molar-refractivity contribution in [2.45, 2.75) is 26.3 Å². The Morgan fingerprint density at radius 3 is 2.94 bits per heavy atom. The molecule has 4 nitrogen and oxygen atoms in total. The third-order valence-corrected chi connectivity index (χ3v) is 4.13. The maximum atomic E-state index is 12.2. The van der Waals surface area contributed by atoms with Crippen molar-refractivity contribution in [3.05, 3.63) is 12.7 Å². The number of thioether (sulfide) groups is 1. The zero-order valence-electron chi connectivity index (χ0n) is 11.1. The van der Waals surface area contributed by atoms with Crippen molar-refractivity contribution in [3.63, 3.8) is 0 Å². The Labute approximate surface area is 113 Å². The fourth-order valence-electron chi connectivity index (χ4n) is 1.88. The van der Waals surface area contributed by atoms with E-state index in [-0.39, 0.29) is 30.3 Å². The zero-order valence-corrected chi connectivity index (χ0v) is 12.0. The van der Waals surface area contributed by atoms with E-state index in [9.17, 15) is 9.59 Å². The molecule has 1 heterocycles. The van der Waals surface area contributed by atoms with Crippen molar-refractivity contribution in [1.82, 2.24) is 10.2 Å². The van der Waals surface area contributed by atoms with Gasteiger partial charge < -0.3 is 10.2 Å². The topological polar surface area (TPSA) is 49.4 Å². The molecule has 2 unspecified atom stereocenters. The number of nitrogens with zero attached hydrogens (tertiary/aromatic N) is 1. The summed E-state index contributed by atoms with van der Waals surface area (Å²) in [6.45, 7) is 8.51. The highest BCUT2D eigenvalue weighted by Gasteiger charge is 2.34. The molecule has 5 heteroatoms. The molecule has 0 bridgehead atoms. The van der Waals surface area contributed by atoms with E-state index >= 15 is 0 Å². The van der Waals surface area contributed by atoms with Crippen LogP contribution in [-0.2, 0) is 9.59 Å². The molecule has 0 spiro atoms. The van der Waals surface area contributed by atoms with Crippen molar-refractivity contribution < 1.29 is 9.59 Å². The Morgan fingerprint density at radius 2 is 2.33 bits per heavy atom. The summed E-state index contributed by atoms with van der Waals surface area (Å²) in [4.78, 5) is 25.5. The van der Waals surface area contributed by atoms with Gasteiger partial charge in [-0.2, -0.15) is 11.8 Å². The lowest BCUT2D eigenvalue weighted by Gasteiger charge is -2.35. The zero-order chi connectivity index (χ0) is 13.5. The monoisotopic (exact) mass is 270 g/mol. The van der Waals surface area contributed by atoms with Crippen LogP contribution in [0.5, 0.6) is 0 Å². The fourth-order valence-corrected chi connectivity index (χ4v) is 2.56. The van der Waals surface area contributed by atoms with Crippen LogP contribution in [0.25, 0.3) is 0 Å². The van der Waals surface area contributed by atoms with Gasteiger partial charge in [-0.3, -0.25) is 9.59 Å². The number of amides is 2. The Kier molecular flexibility index (Phi) is 6.25. The lowest BCUT2D eigenvalue weighted by atomic mass is 9.96. The molecule has 0 aromatic carbocycles. The van der Waals surface area contributed by atoms with Gasteiger partial charge in [-0.1, -0.05) is 26.3 Å². The molecule has 1 saturated heterocycles. The number of hydrogen-bond acceptors (Lipinski definition) is 3. The van der Waals surface area contributed by atoms with Crippen LogP contribution in [0.3, 0.4) is 0 Å². The summed E-state index contributed by atoms with van der Waals surface area (Å²) >= 11 is 1.72. The number of carbonyl (C=O) groups excluding carboxylic acids is 2. The normalized spacial score (nSPS) is 21.7. The molecule has 1 fully saturated rings. The molecular formula is C13H22N2O2S. The van der Waals surface area contributed by atoms with Gasteiger partial charge in [0.1, 0.15) is 6.04 Å². The average molecular weight is 270 g/mol. The van der Waals surface area contributed by atoms with Crippen LogP contribution in [0.1, 0.15) is 20.3 Å². The minimum atomic E-state index is -0.347. The molecule has 1 rings (SSSR count). The quantitative estimate of drug-likeness (QED) is 0.560. The van der Waals surface area contributed by atoms with E-state index in [4.69, 9.17) is 0 Å². The van der Waals surface area contributed by atoms with Crippen LogP contribution in [-0.4, -0.2) is 47.4 Å². The third kappa shape index (κ3) is 4.05. The molecule has 0 saturated carbocycles. The second kappa shape index (κ2) is 7.46. The minimum Gasteiger partial charge on any atom is -0.342 e. The second-order valence-corrected chi connectivity index (χ2v) is 5.70. The van der Waals surface area contributed by atoms with Crippen molar-refractivity contribution in [2.24, 2.45) is 5.92 Å². The van der Waals surface area contributed by atoms with Gasteiger partial charge in [0, 0.05) is 18.1 Å². The predicted molar refractivity (Wildman–Crippen MR) is 75.5 cm³/mol. The summed E-state index contributed by atoms with van der Waals surface area (Å²) in [5.74, 6) is 1.92. The highest BCUT2D eigenvalue weighted by molar-refractivity contribution is 7.99. The smallest absolute Gasteiger partial charge is 0.245 e. The van der Waals surface area contributed by atoms with E-state index in [2.05, 4.69) is 11.9 Å². The van der Waals surface area contributed by atoms with E-state index in [0.717, 1.165) is 17.9 Å². The van der Waals surface area contributed by atoms with E-state index in [1.807, 2.05) is 19.9 Å². The molecule has 1 N–H and O–H groups in total. The van der Waals surface area contributed by atoms with Gasteiger partial charge in [0.15, 0.2) is 0 Å². The van der Waals surface area contributed by atoms with E-state index in [1.165, 1.54) is 0 Å². The first-order valence-corrected chi connectivity index (χ1v) is 7.52. The summed E-state index contributed by atoms with van der Waals surface area (Å²) in [7, 11) is 0. The first kappa shape index (κ1) is 15.1. The van der Waals surface area contributed by atoms with Gasteiger partial charge in [-0.25, -0.2) is 0 Å². The Bertz CT molecular complexity index is 320. The molecular weight excluding hydrogens is 248 g/mol. The summed E-state index contributed by atoms with van der Waals surface area (Å²) < 4.78 is 0. The highest BCUT2D eigenvalue weighted by Crippen LogP contribution is 2.14. The largest absolute Gasteiger partial charge is 0.342 e. The van der Waals surface area contributed by atoms with Gasteiger partial charge in [-0.05, 0) is 5.92 Å². The fraction of sp³-hybridized carbons (Fsp3) is 0.692. The van der Waals surface area contributed by atoms with Crippen LogP contribution < -0.4 is 5.32 Å². The molecule has 2 atom stereocenters. The lowest BCUT2D eigenvalue weighted by Crippen LogP contribution is -2.60. The van der Waals surface area contributed by atoms with Crippen LogP contribution in [0.4, 0.5) is 0 Å². The molecule has 1 aliphatic heterocycles. The van der Waals surface area contributed by atoms with Crippen molar-refractivity contribution in [3.8, 4) is 0 Å². The number of rotatable bonds is 7. The van der Waals surface area contributed by atoms with Crippen molar-refractivity contribution >= 4 is 23.6 Å². The van der Waals surface area contributed by atoms with Gasteiger partial charge in [0.05, 0.1) is 6.54 Å². The predicted octanol–water partition coefficient (Wildman–Crippen LogP) is 1.28. The molecule has 0 aromatic heterocycles. The third-order valence-electron chi connectivity index (χ3n) is 3.18. The molecule has 102 valence electrons. The van der Waals surface area contributed by atoms with Crippen molar-refractivity contribution in [1.29, 1.82) is 0 Å². The minimum absolute atomic E-state index is 0.0476. The van der Waals surface area contributed by atoms with E-state index in [0.29, 0.717) is 6.54 Å². The summed E-state index contributed by atoms with van der Waals surface area (Å²) in [6, 6.07) is -0.347. The van der Waals surface area contributed by atoms with Crippen LogP contribution in [0, 0.1) is 5.92 Å². The summed E-state index contributed by atoms with van der Waals surface area (Å²) in [5.41, 5.74) is 0. The van der Waals surface area contributed by atoms with Gasteiger partial charge in [0.2, 0.25) is 11.8 Å². The number of carbonyl (C=O) groups is 2. The molecule has 0 aromatic rings. The lowest BCUT2D eigenvalue weighted by molar-refractivity contribution is -0.145. The summed E-state index contributed by atoms with van der Waals surface area (Å²) in [5, 5.41) is 2.80. The van der Waals surface area contributed by atoms with Crippen LogP contribution in [0.2, 0.25) is 0 Å². The first-order valence-electron chi connectivity index (χ1n) is 6.37. The Hall–Kier alpha value is -0.970. The maximum Gasteiger partial charge on any atom is 0.245 e. The van der Waals surface area contributed by atoms with Gasteiger partial charge in [-0.15, -0.1) is 6.58 Å². The first-order chi connectivity index (χ1) is 8.60. The van der Waals surface area contributed by atoms with Gasteiger partial charge >= 0.3 is 0 Å². The molecule has 2 amide bonds. The standard InChI is InChI=1S/C13H22N2O2S/c1-4-7-18-8-6-15-9-11(16)14-12(13(15)17)10(3)5-2/h4,10,12H,1,5-9H2,2-3H3,(H,14,16). The number of hydrogen-bond donors (Lipinski definition) is 1. The van der Waals surface area contributed by atoms with Crippen molar-refractivity contribution in [2.75, 3.05) is 24.6 Å². The Morgan fingerprint density at radius 1 is 1.61 bits per heavy atom. The molecule has 1 aliphatic rings. The number of nitrogens with one attached hydrogen (secondary N) is 1. The van der Waals surface area contributed by atoms with E-state index < -0.39 is 0 Å². The number of piperazine rings is 1. The molecule has 0 radical (unpaired) electrons. The SMILES string of the molecule is C=CCSCCN1CC(=O)NC(C(C)CC)C1=O. The molecule has 18 heavy (non-hydrogen) atoms. The molecule has 0 aliphatic carbocycles. The van der Waals surface area contributed by atoms with Crippen LogP contribution >= 0.6 is 11.8 Å². The highest BCUT2D eigenvalue weighted by atomic mass is 32.2. The average Bonchev–Trinajstić information content (AvgIpc) is 2.37. The van der Waals surface area contributed by atoms with Gasteiger partial charge in [0.25, 0.3) is 0 Å². The second-order valence-electron chi connectivity index (χ2n) is 4.55.